The van der Waals surface area contributed by atoms with Crippen molar-refractivity contribution < 1.29 is 14.3 Å². The second-order valence-electron chi connectivity index (χ2n) is 5.29. The van der Waals surface area contributed by atoms with Gasteiger partial charge in [-0.2, -0.15) is 0 Å². The third-order valence-electron chi connectivity index (χ3n) is 3.61. The number of aromatic nitrogens is 1. The Morgan fingerprint density at radius 2 is 1.86 bits per heavy atom. The van der Waals surface area contributed by atoms with Crippen LogP contribution in [0.25, 0.3) is 11.1 Å². The van der Waals surface area contributed by atoms with Crippen molar-refractivity contribution >= 4 is 11.1 Å². The Labute approximate surface area is 123 Å². The van der Waals surface area contributed by atoms with E-state index in [4.69, 9.17) is 9.15 Å². The van der Waals surface area contributed by atoms with E-state index in [2.05, 4.69) is 4.98 Å². The average Bonchev–Trinajstić information content (AvgIpc) is 2.91. The first-order valence-electron chi connectivity index (χ1n) is 6.75. The molecule has 4 nitrogen and oxygen atoms in total. The molecule has 0 aliphatic rings. The highest BCUT2D eigenvalue weighted by Crippen LogP contribution is 2.32. The van der Waals surface area contributed by atoms with E-state index in [-0.39, 0.29) is 5.89 Å². The maximum absolute atomic E-state index is 10.8. The average molecular weight is 283 g/mol. The van der Waals surface area contributed by atoms with Gasteiger partial charge in [0.25, 0.3) is 0 Å². The molecule has 0 saturated carbocycles. The van der Waals surface area contributed by atoms with Gasteiger partial charge in [0.15, 0.2) is 11.2 Å². The number of fused-ring (bicyclic) bond motifs is 1. The molecule has 1 atom stereocenters. The molecule has 0 aliphatic carbocycles. The normalized spacial score (nSPS) is 14.1. The lowest BCUT2D eigenvalue weighted by Crippen LogP contribution is -2.23. The van der Waals surface area contributed by atoms with Gasteiger partial charge in [-0.3, -0.25) is 0 Å². The fourth-order valence-corrected chi connectivity index (χ4v) is 2.28. The summed E-state index contributed by atoms with van der Waals surface area (Å²) in [6, 6.07) is 13.0. The van der Waals surface area contributed by atoms with Gasteiger partial charge in [-0.1, -0.05) is 18.2 Å². The molecule has 0 saturated heterocycles. The van der Waals surface area contributed by atoms with Gasteiger partial charge in [-0.05, 0) is 49.2 Å². The Morgan fingerprint density at radius 3 is 2.52 bits per heavy atom. The highest BCUT2D eigenvalue weighted by molar-refractivity contribution is 5.73. The lowest BCUT2D eigenvalue weighted by atomic mass is 9.96. The zero-order valence-electron chi connectivity index (χ0n) is 12.3. The van der Waals surface area contributed by atoms with Gasteiger partial charge in [0.1, 0.15) is 11.3 Å². The van der Waals surface area contributed by atoms with Crippen molar-refractivity contribution in [2.75, 3.05) is 7.11 Å². The number of hydrogen-bond acceptors (Lipinski definition) is 4. The molecule has 0 fully saturated rings. The van der Waals surface area contributed by atoms with E-state index in [0.29, 0.717) is 11.1 Å². The van der Waals surface area contributed by atoms with Crippen LogP contribution in [0.4, 0.5) is 0 Å². The van der Waals surface area contributed by atoms with Crippen molar-refractivity contribution in [3.63, 3.8) is 0 Å². The van der Waals surface area contributed by atoms with E-state index in [1.807, 2.05) is 25.1 Å². The van der Waals surface area contributed by atoms with Crippen molar-refractivity contribution in [1.82, 2.24) is 4.98 Å². The molecule has 2 aromatic carbocycles. The summed E-state index contributed by atoms with van der Waals surface area (Å²) in [4.78, 5) is 4.42. The number of aliphatic hydroxyl groups is 1. The van der Waals surface area contributed by atoms with Gasteiger partial charge in [-0.15, -0.1) is 0 Å². The maximum atomic E-state index is 10.8. The van der Waals surface area contributed by atoms with Crippen LogP contribution < -0.4 is 4.74 Å². The third kappa shape index (κ3) is 2.38. The predicted octanol–water partition coefficient (Wildman–Crippen LogP) is 3.40. The van der Waals surface area contributed by atoms with Crippen LogP contribution in [0.1, 0.15) is 23.9 Å². The van der Waals surface area contributed by atoms with E-state index in [1.165, 1.54) is 0 Å². The number of aryl methyl sites for hydroxylation is 1. The standard InChI is InChI=1S/C17H17NO3/c1-11-4-9-15-14(10-11)18-16(21-15)17(2,19)12-5-7-13(20-3)8-6-12/h4-10,19H,1-3H3/t17-/m1/s1. The molecule has 0 bridgehead atoms. The molecule has 3 rings (SSSR count). The van der Waals surface area contributed by atoms with Crippen LogP contribution in [0.3, 0.4) is 0 Å². The van der Waals surface area contributed by atoms with Gasteiger partial charge in [0, 0.05) is 0 Å². The van der Waals surface area contributed by atoms with Crippen LogP contribution in [0, 0.1) is 6.92 Å². The zero-order valence-corrected chi connectivity index (χ0v) is 12.3. The molecular weight excluding hydrogens is 266 g/mol. The minimum atomic E-state index is -1.29. The Bertz CT molecular complexity index is 772. The first kappa shape index (κ1) is 13.6. The Kier molecular flexibility index (Phi) is 3.18. The number of methoxy groups -OCH3 is 1. The minimum Gasteiger partial charge on any atom is -0.497 e. The molecule has 3 aromatic rings. The quantitative estimate of drug-likeness (QED) is 0.800. The van der Waals surface area contributed by atoms with Crippen molar-refractivity contribution in [1.29, 1.82) is 0 Å². The Balaban J connectivity index is 2.05. The first-order valence-corrected chi connectivity index (χ1v) is 6.75. The molecule has 21 heavy (non-hydrogen) atoms. The van der Waals surface area contributed by atoms with Crippen molar-refractivity contribution in [3.8, 4) is 5.75 Å². The molecule has 0 radical (unpaired) electrons. The maximum Gasteiger partial charge on any atom is 0.231 e. The first-order chi connectivity index (χ1) is 10.0. The molecule has 1 heterocycles. The van der Waals surface area contributed by atoms with Crippen LogP contribution in [0.2, 0.25) is 0 Å². The SMILES string of the molecule is COc1ccc([C@@](C)(O)c2nc3cc(C)ccc3o2)cc1. The van der Waals surface area contributed by atoms with E-state index in [9.17, 15) is 5.11 Å². The topological polar surface area (TPSA) is 55.5 Å². The Morgan fingerprint density at radius 1 is 1.14 bits per heavy atom. The van der Waals surface area contributed by atoms with Crippen LogP contribution in [-0.4, -0.2) is 17.2 Å². The molecule has 1 aromatic heterocycles. The van der Waals surface area contributed by atoms with Crippen molar-refractivity contribution in [2.45, 2.75) is 19.4 Å². The molecule has 4 heteroatoms. The second kappa shape index (κ2) is 4.90. The van der Waals surface area contributed by atoms with Crippen molar-refractivity contribution in [3.05, 3.63) is 59.5 Å². The molecular formula is C17H17NO3. The molecule has 0 spiro atoms. The molecule has 0 amide bonds. The summed E-state index contributed by atoms with van der Waals surface area (Å²) in [5.41, 5.74) is 1.93. The lowest BCUT2D eigenvalue weighted by Gasteiger charge is -2.20. The summed E-state index contributed by atoms with van der Waals surface area (Å²) in [5, 5.41) is 10.8. The third-order valence-corrected chi connectivity index (χ3v) is 3.61. The summed E-state index contributed by atoms with van der Waals surface area (Å²) in [5.74, 6) is 1.02. The van der Waals surface area contributed by atoms with E-state index < -0.39 is 5.60 Å². The smallest absolute Gasteiger partial charge is 0.231 e. The van der Waals surface area contributed by atoms with Gasteiger partial charge >= 0.3 is 0 Å². The number of oxazole rings is 1. The second-order valence-corrected chi connectivity index (χ2v) is 5.29. The predicted molar refractivity (Wildman–Crippen MR) is 80.4 cm³/mol. The van der Waals surface area contributed by atoms with Crippen molar-refractivity contribution in [2.24, 2.45) is 0 Å². The molecule has 1 N–H and O–H groups in total. The highest BCUT2D eigenvalue weighted by Gasteiger charge is 2.31. The van der Waals surface area contributed by atoms with E-state index in [1.54, 1.807) is 38.3 Å². The number of rotatable bonds is 3. The minimum absolute atomic E-state index is 0.285. The van der Waals surface area contributed by atoms with E-state index >= 15 is 0 Å². The summed E-state index contributed by atoms with van der Waals surface area (Å²) in [6.07, 6.45) is 0. The van der Waals surface area contributed by atoms with Crippen LogP contribution in [-0.2, 0) is 5.60 Å². The Hall–Kier alpha value is -2.33. The lowest BCUT2D eigenvalue weighted by molar-refractivity contribution is 0.0726. The monoisotopic (exact) mass is 283 g/mol. The van der Waals surface area contributed by atoms with E-state index in [0.717, 1.165) is 16.8 Å². The molecule has 0 unspecified atom stereocenters. The zero-order chi connectivity index (χ0) is 15.0. The fourth-order valence-electron chi connectivity index (χ4n) is 2.28. The van der Waals surface area contributed by atoms with Crippen LogP contribution in [0.5, 0.6) is 5.75 Å². The molecule has 108 valence electrons. The van der Waals surface area contributed by atoms with Crippen LogP contribution >= 0.6 is 0 Å². The number of hydrogen-bond donors (Lipinski definition) is 1. The number of ether oxygens (including phenoxy) is 1. The number of benzene rings is 2. The summed E-state index contributed by atoms with van der Waals surface area (Å²) in [7, 11) is 1.61. The van der Waals surface area contributed by atoms with Crippen LogP contribution in [0.15, 0.2) is 46.9 Å². The largest absolute Gasteiger partial charge is 0.497 e. The summed E-state index contributed by atoms with van der Waals surface area (Å²) < 4.78 is 10.8. The van der Waals surface area contributed by atoms with Gasteiger partial charge in [0.2, 0.25) is 5.89 Å². The summed E-state index contributed by atoms with van der Waals surface area (Å²) in [6.45, 7) is 3.67. The van der Waals surface area contributed by atoms with Gasteiger partial charge in [0.05, 0.1) is 7.11 Å². The summed E-state index contributed by atoms with van der Waals surface area (Å²) >= 11 is 0. The molecule has 0 aliphatic heterocycles. The highest BCUT2D eigenvalue weighted by atomic mass is 16.5. The number of nitrogens with zero attached hydrogens (tertiary/aromatic N) is 1. The van der Waals surface area contributed by atoms with Gasteiger partial charge < -0.3 is 14.3 Å². The fraction of sp³-hybridized carbons (Fsp3) is 0.235. The van der Waals surface area contributed by atoms with Gasteiger partial charge in [-0.25, -0.2) is 4.98 Å².